The highest BCUT2D eigenvalue weighted by molar-refractivity contribution is 6.32. The minimum Gasteiger partial charge on any atom is -0.489 e. The van der Waals surface area contributed by atoms with Crippen LogP contribution in [0.25, 0.3) is 0 Å². The monoisotopic (exact) mass is 427 g/mol. The second kappa shape index (κ2) is 10.1. The highest BCUT2D eigenvalue weighted by atomic mass is 35.5. The van der Waals surface area contributed by atoms with Gasteiger partial charge in [-0.15, -0.1) is 0 Å². The van der Waals surface area contributed by atoms with Crippen molar-refractivity contribution < 1.29 is 9.53 Å². The van der Waals surface area contributed by atoms with Crippen LogP contribution in [0.2, 0.25) is 5.15 Å². The lowest BCUT2D eigenvalue weighted by atomic mass is 9.94. The topological polar surface area (TPSA) is 54.5 Å². The van der Waals surface area contributed by atoms with E-state index in [1.54, 1.807) is 24.4 Å². The number of hydrogen-bond acceptors (Lipinski definition) is 4. The number of nitrogens with zero attached hydrogens (tertiary/aromatic N) is 2. The van der Waals surface area contributed by atoms with Crippen LogP contribution in [0, 0.1) is 13.8 Å². The van der Waals surface area contributed by atoms with E-state index in [2.05, 4.69) is 54.7 Å². The standard InChI is InChI=1S/C24H30ClN3O2/c1-5-15-30-22-9-8-20(16(2)17(22)3)18(4)28-13-10-19(11-14-28)27-24(29)21-7-6-12-26-23(21)25/h5-9,12,18-19H,1,10-11,13-15H2,2-4H3,(H,27,29). The molecule has 2 aromatic rings. The number of ether oxygens (including phenoxy) is 1. The Kier molecular flexibility index (Phi) is 7.51. The number of carbonyl (C=O) groups excluding carboxylic acids is 1. The lowest BCUT2D eigenvalue weighted by molar-refractivity contribution is 0.0895. The molecule has 0 radical (unpaired) electrons. The van der Waals surface area contributed by atoms with Crippen LogP contribution in [-0.2, 0) is 0 Å². The third-order valence-electron chi connectivity index (χ3n) is 6.00. The van der Waals surface area contributed by atoms with Crippen LogP contribution in [0.4, 0.5) is 0 Å². The Balaban J connectivity index is 1.59. The largest absolute Gasteiger partial charge is 0.489 e. The predicted molar refractivity (Wildman–Crippen MR) is 121 cm³/mol. The third-order valence-corrected chi connectivity index (χ3v) is 6.30. The van der Waals surface area contributed by atoms with E-state index >= 15 is 0 Å². The van der Waals surface area contributed by atoms with E-state index in [1.165, 1.54) is 16.7 Å². The van der Waals surface area contributed by atoms with Crippen molar-refractivity contribution in [2.24, 2.45) is 0 Å². The number of piperidine rings is 1. The SMILES string of the molecule is C=CCOc1ccc(C(C)N2CCC(NC(=O)c3cccnc3Cl)CC2)c(C)c1C. The van der Waals surface area contributed by atoms with Crippen LogP contribution >= 0.6 is 11.6 Å². The van der Waals surface area contributed by atoms with Crippen LogP contribution < -0.4 is 10.1 Å². The molecule has 1 aliphatic heterocycles. The van der Waals surface area contributed by atoms with Gasteiger partial charge in [-0.05, 0) is 68.5 Å². The van der Waals surface area contributed by atoms with Crippen molar-refractivity contribution in [3.63, 3.8) is 0 Å². The fraction of sp³-hybridized carbons (Fsp3) is 0.417. The fourth-order valence-electron chi connectivity index (χ4n) is 4.02. The molecule has 1 fully saturated rings. The Hall–Kier alpha value is -2.37. The second-order valence-electron chi connectivity index (χ2n) is 7.80. The Bertz CT molecular complexity index is 907. The van der Waals surface area contributed by atoms with Gasteiger partial charge < -0.3 is 10.1 Å². The number of carbonyl (C=O) groups is 1. The van der Waals surface area contributed by atoms with E-state index in [0.717, 1.165) is 31.7 Å². The lowest BCUT2D eigenvalue weighted by Gasteiger charge is -2.37. The smallest absolute Gasteiger partial charge is 0.254 e. The van der Waals surface area contributed by atoms with E-state index in [0.29, 0.717) is 18.2 Å². The normalized spacial score (nSPS) is 16.1. The van der Waals surface area contributed by atoms with Gasteiger partial charge in [-0.3, -0.25) is 9.69 Å². The molecule has 5 nitrogen and oxygen atoms in total. The van der Waals surface area contributed by atoms with Crippen LogP contribution in [-0.4, -0.2) is 41.5 Å². The van der Waals surface area contributed by atoms with E-state index < -0.39 is 0 Å². The zero-order valence-electron chi connectivity index (χ0n) is 18.0. The van der Waals surface area contributed by atoms with Crippen molar-refractivity contribution in [3.8, 4) is 5.75 Å². The van der Waals surface area contributed by atoms with Crippen LogP contribution in [0.5, 0.6) is 5.75 Å². The maximum atomic E-state index is 12.5. The van der Waals surface area contributed by atoms with Crippen molar-refractivity contribution in [2.45, 2.75) is 45.7 Å². The first-order chi connectivity index (χ1) is 14.4. The van der Waals surface area contributed by atoms with Gasteiger partial charge in [0, 0.05) is 31.4 Å². The summed E-state index contributed by atoms with van der Waals surface area (Å²) >= 11 is 6.04. The summed E-state index contributed by atoms with van der Waals surface area (Å²) in [5, 5.41) is 3.35. The molecule has 0 aliphatic carbocycles. The van der Waals surface area contributed by atoms with Gasteiger partial charge in [0.2, 0.25) is 0 Å². The van der Waals surface area contributed by atoms with Crippen molar-refractivity contribution in [2.75, 3.05) is 19.7 Å². The summed E-state index contributed by atoms with van der Waals surface area (Å²) < 4.78 is 5.76. The predicted octanol–water partition coefficient (Wildman–Crippen LogP) is 4.87. The molecule has 1 aliphatic rings. The van der Waals surface area contributed by atoms with E-state index in [1.807, 2.05) is 0 Å². The number of nitrogens with one attached hydrogen (secondary N) is 1. The summed E-state index contributed by atoms with van der Waals surface area (Å²) in [6.45, 7) is 12.6. The molecule has 1 N–H and O–H groups in total. The number of halogens is 1. The summed E-state index contributed by atoms with van der Waals surface area (Å²) in [5.74, 6) is 0.764. The molecule has 160 valence electrons. The summed E-state index contributed by atoms with van der Waals surface area (Å²) in [6, 6.07) is 8.11. The zero-order chi connectivity index (χ0) is 21.7. The van der Waals surface area contributed by atoms with E-state index in [4.69, 9.17) is 16.3 Å². The number of pyridine rings is 1. The van der Waals surface area contributed by atoms with E-state index in [9.17, 15) is 4.79 Å². The molecule has 2 heterocycles. The molecule has 3 rings (SSSR count). The number of hydrogen-bond donors (Lipinski definition) is 1. The Labute approximate surface area is 184 Å². The molecule has 1 aromatic carbocycles. The average Bonchev–Trinajstić information content (AvgIpc) is 2.75. The van der Waals surface area contributed by atoms with Gasteiger partial charge in [-0.2, -0.15) is 0 Å². The molecule has 1 amide bonds. The molecule has 1 unspecified atom stereocenters. The van der Waals surface area contributed by atoms with Crippen molar-refractivity contribution in [1.29, 1.82) is 0 Å². The molecule has 1 aromatic heterocycles. The molecule has 0 spiro atoms. The van der Waals surface area contributed by atoms with Gasteiger partial charge in [0.25, 0.3) is 5.91 Å². The minimum absolute atomic E-state index is 0.148. The molecule has 1 atom stereocenters. The van der Waals surface area contributed by atoms with Crippen molar-refractivity contribution in [3.05, 3.63) is 70.5 Å². The first-order valence-electron chi connectivity index (χ1n) is 10.4. The number of likely N-dealkylation sites (tertiary alicyclic amines) is 1. The number of rotatable bonds is 7. The average molecular weight is 428 g/mol. The van der Waals surface area contributed by atoms with Crippen LogP contribution in [0.15, 0.2) is 43.1 Å². The molecular weight excluding hydrogens is 398 g/mol. The van der Waals surface area contributed by atoms with Crippen molar-refractivity contribution in [1.82, 2.24) is 15.2 Å². The Morgan fingerprint density at radius 2 is 2.07 bits per heavy atom. The summed E-state index contributed by atoms with van der Waals surface area (Å²) in [6.07, 6.45) is 5.16. The first-order valence-corrected chi connectivity index (χ1v) is 10.8. The van der Waals surface area contributed by atoms with E-state index in [-0.39, 0.29) is 17.1 Å². The number of amides is 1. The highest BCUT2D eigenvalue weighted by Gasteiger charge is 2.26. The number of aromatic nitrogens is 1. The Morgan fingerprint density at radius 3 is 2.73 bits per heavy atom. The van der Waals surface area contributed by atoms with Gasteiger partial charge in [0.1, 0.15) is 17.5 Å². The van der Waals surface area contributed by atoms with Gasteiger partial charge in [-0.1, -0.05) is 30.3 Å². The lowest BCUT2D eigenvalue weighted by Crippen LogP contribution is -2.45. The summed E-state index contributed by atoms with van der Waals surface area (Å²) in [7, 11) is 0. The highest BCUT2D eigenvalue weighted by Crippen LogP contribution is 2.32. The first kappa shape index (κ1) is 22.3. The van der Waals surface area contributed by atoms with Gasteiger partial charge in [0.05, 0.1) is 5.56 Å². The quantitative estimate of drug-likeness (QED) is 0.505. The third kappa shape index (κ3) is 5.02. The molecular formula is C24H30ClN3O2. The minimum atomic E-state index is -0.152. The fourth-order valence-corrected chi connectivity index (χ4v) is 4.23. The molecule has 6 heteroatoms. The van der Waals surface area contributed by atoms with Gasteiger partial charge in [-0.25, -0.2) is 4.98 Å². The van der Waals surface area contributed by atoms with Crippen LogP contribution in [0.1, 0.15) is 52.9 Å². The summed E-state index contributed by atoms with van der Waals surface area (Å²) in [4.78, 5) is 19.0. The maximum Gasteiger partial charge on any atom is 0.254 e. The summed E-state index contributed by atoms with van der Waals surface area (Å²) in [5.41, 5.74) is 4.20. The molecule has 1 saturated heterocycles. The second-order valence-corrected chi connectivity index (χ2v) is 8.16. The molecule has 0 bridgehead atoms. The van der Waals surface area contributed by atoms with Crippen LogP contribution in [0.3, 0.4) is 0 Å². The number of benzene rings is 1. The van der Waals surface area contributed by atoms with Gasteiger partial charge >= 0.3 is 0 Å². The Morgan fingerprint density at radius 1 is 1.33 bits per heavy atom. The van der Waals surface area contributed by atoms with Crippen molar-refractivity contribution >= 4 is 17.5 Å². The maximum absolute atomic E-state index is 12.5. The molecule has 0 saturated carbocycles. The van der Waals surface area contributed by atoms with Gasteiger partial charge in [0.15, 0.2) is 0 Å². The molecule has 30 heavy (non-hydrogen) atoms. The zero-order valence-corrected chi connectivity index (χ0v) is 18.7.